The second-order valence-electron chi connectivity index (χ2n) is 8.09. The lowest BCUT2D eigenvalue weighted by atomic mass is 10.1. The molecule has 11 heteroatoms. The molecule has 4 rings (SSSR count). The number of hydrogen-bond donors (Lipinski definition) is 3. The van der Waals surface area contributed by atoms with E-state index in [0.29, 0.717) is 33.4 Å². The molecule has 3 N–H and O–H groups in total. The topological polar surface area (TPSA) is 145 Å². The zero-order valence-corrected chi connectivity index (χ0v) is 19.9. The third kappa shape index (κ3) is 5.04. The molecule has 0 fully saturated rings. The number of aromatic nitrogens is 3. The van der Waals surface area contributed by atoms with Gasteiger partial charge in [-0.2, -0.15) is 5.10 Å². The van der Waals surface area contributed by atoms with E-state index in [1.807, 2.05) is 30.3 Å². The Hall–Kier alpha value is -4.67. The van der Waals surface area contributed by atoms with Crippen molar-refractivity contribution in [2.75, 3.05) is 19.0 Å². The number of anilines is 1. The van der Waals surface area contributed by atoms with Gasteiger partial charge in [-0.25, -0.2) is 9.78 Å². The molecule has 0 bridgehead atoms. The molecular formula is C25H25N5O6. The van der Waals surface area contributed by atoms with Crippen molar-refractivity contribution in [3.05, 3.63) is 59.8 Å². The van der Waals surface area contributed by atoms with Gasteiger partial charge in [0.05, 0.1) is 35.9 Å². The van der Waals surface area contributed by atoms with Crippen molar-refractivity contribution in [1.82, 2.24) is 20.1 Å². The maximum absolute atomic E-state index is 12.9. The highest BCUT2D eigenvalue weighted by atomic mass is 16.6. The summed E-state index contributed by atoms with van der Waals surface area (Å²) in [7, 11) is 1.53. The highest BCUT2D eigenvalue weighted by Crippen LogP contribution is 2.35. The number of carbonyl (C=O) groups excluding carboxylic acids is 2. The number of benzene rings is 2. The smallest absolute Gasteiger partial charge is 0.437 e. The number of nitrogens with one attached hydrogen (secondary N) is 2. The second kappa shape index (κ2) is 10.3. The highest BCUT2D eigenvalue weighted by Gasteiger charge is 2.22. The van der Waals surface area contributed by atoms with Crippen LogP contribution in [0.5, 0.6) is 5.75 Å². The number of hydrogen-bond acceptors (Lipinski definition) is 8. The van der Waals surface area contributed by atoms with E-state index < -0.39 is 24.0 Å². The quantitative estimate of drug-likeness (QED) is 0.338. The first-order chi connectivity index (χ1) is 17.3. The van der Waals surface area contributed by atoms with Gasteiger partial charge < -0.3 is 25.2 Å². The Kier molecular flexibility index (Phi) is 7.00. The number of amides is 1. The van der Waals surface area contributed by atoms with Crippen molar-refractivity contribution >= 4 is 45.6 Å². The SMILES string of the molecule is COc1ccc2nc3c(c(C)nn3C(=O)OCc3ccccc3)c(NCC(=O)N[C@@H](C)C(=O)O)c2c1. The Morgan fingerprint density at radius 1 is 1.14 bits per heavy atom. The average molecular weight is 492 g/mol. The molecule has 2 aromatic heterocycles. The summed E-state index contributed by atoms with van der Waals surface area (Å²) in [6.07, 6.45) is -0.698. The van der Waals surface area contributed by atoms with Gasteiger partial charge in [0, 0.05) is 5.39 Å². The molecule has 0 saturated heterocycles. The molecule has 36 heavy (non-hydrogen) atoms. The van der Waals surface area contributed by atoms with Crippen LogP contribution in [0.1, 0.15) is 18.2 Å². The molecule has 1 amide bonds. The molecule has 0 unspecified atom stereocenters. The fraction of sp³-hybridized carbons (Fsp3) is 0.240. The summed E-state index contributed by atoms with van der Waals surface area (Å²) < 4.78 is 11.9. The van der Waals surface area contributed by atoms with Crippen LogP contribution in [-0.4, -0.2) is 57.5 Å². The summed E-state index contributed by atoms with van der Waals surface area (Å²) in [6.45, 7) is 2.94. The standard InChI is InChI=1S/C25H25N5O6/c1-14-21-22(26-12-20(31)27-15(2)24(32)33)18-11-17(35-3)9-10-19(18)28-23(21)30(29-14)25(34)36-13-16-7-5-4-6-8-16/h4-11,15H,12-13H2,1-3H3,(H,26,28)(H,27,31)(H,32,33)/t15-/m0/s1. The van der Waals surface area contributed by atoms with E-state index in [4.69, 9.17) is 14.6 Å². The minimum absolute atomic E-state index is 0.0674. The van der Waals surface area contributed by atoms with Crippen molar-refractivity contribution in [1.29, 1.82) is 0 Å². The molecule has 0 spiro atoms. The Morgan fingerprint density at radius 2 is 1.89 bits per heavy atom. The van der Waals surface area contributed by atoms with E-state index in [9.17, 15) is 14.4 Å². The number of aliphatic carboxylic acids is 1. The van der Waals surface area contributed by atoms with Crippen LogP contribution >= 0.6 is 0 Å². The third-order valence-corrected chi connectivity index (χ3v) is 5.54. The molecule has 0 saturated carbocycles. The van der Waals surface area contributed by atoms with E-state index in [-0.39, 0.29) is 18.8 Å². The van der Waals surface area contributed by atoms with E-state index in [2.05, 4.69) is 20.7 Å². The van der Waals surface area contributed by atoms with Crippen molar-refractivity contribution in [2.45, 2.75) is 26.5 Å². The fourth-order valence-corrected chi connectivity index (χ4v) is 3.71. The van der Waals surface area contributed by atoms with E-state index in [1.54, 1.807) is 25.1 Å². The molecule has 11 nitrogen and oxygen atoms in total. The number of carboxylic acids is 1. The van der Waals surface area contributed by atoms with Gasteiger partial charge >= 0.3 is 12.1 Å². The lowest BCUT2D eigenvalue weighted by Gasteiger charge is -2.14. The fourth-order valence-electron chi connectivity index (χ4n) is 3.71. The summed E-state index contributed by atoms with van der Waals surface area (Å²) in [5.74, 6) is -1.09. The number of pyridine rings is 1. The Morgan fingerprint density at radius 3 is 2.58 bits per heavy atom. The molecular weight excluding hydrogens is 466 g/mol. The van der Waals surface area contributed by atoms with Crippen molar-refractivity contribution in [3.63, 3.8) is 0 Å². The summed E-state index contributed by atoms with van der Waals surface area (Å²) >= 11 is 0. The zero-order valence-electron chi connectivity index (χ0n) is 19.9. The minimum atomic E-state index is -1.14. The minimum Gasteiger partial charge on any atom is -0.497 e. The van der Waals surface area contributed by atoms with Gasteiger partial charge in [-0.05, 0) is 37.6 Å². The number of fused-ring (bicyclic) bond motifs is 2. The van der Waals surface area contributed by atoms with Gasteiger partial charge in [0.1, 0.15) is 18.4 Å². The molecule has 2 aromatic carbocycles. The Labute approximate surface area is 206 Å². The lowest BCUT2D eigenvalue weighted by molar-refractivity contribution is -0.141. The number of carbonyl (C=O) groups is 3. The number of aryl methyl sites for hydroxylation is 1. The zero-order chi connectivity index (χ0) is 25.8. The predicted molar refractivity (Wildman–Crippen MR) is 132 cm³/mol. The van der Waals surface area contributed by atoms with Crippen molar-refractivity contribution in [3.8, 4) is 5.75 Å². The lowest BCUT2D eigenvalue weighted by Crippen LogP contribution is -2.41. The van der Waals surface area contributed by atoms with Gasteiger partial charge in [-0.3, -0.25) is 9.59 Å². The predicted octanol–water partition coefficient (Wildman–Crippen LogP) is 3.09. The van der Waals surface area contributed by atoms with E-state index in [0.717, 1.165) is 10.2 Å². The van der Waals surface area contributed by atoms with Gasteiger partial charge in [-0.15, -0.1) is 4.68 Å². The van der Waals surface area contributed by atoms with Crippen LogP contribution in [0.15, 0.2) is 48.5 Å². The van der Waals surface area contributed by atoms with Crippen molar-refractivity contribution in [2.24, 2.45) is 0 Å². The molecule has 4 aromatic rings. The molecule has 0 aliphatic carbocycles. The van der Waals surface area contributed by atoms with Crippen LogP contribution in [0.4, 0.5) is 10.5 Å². The Balaban J connectivity index is 1.72. The van der Waals surface area contributed by atoms with Crippen LogP contribution in [0, 0.1) is 6.92 Å². The van der Waals surface area contributed by atoms with Crippen LogP contribution in [0.25, 0.3) is 21.9 Å². The van der Waals surface area contributed by atoms with Crippen LogP contribution in [0.2, 0.25) is 0 Å². The molecule has 0 radical (unpaired) electrons. The Bertz CT molecular complexity index is 1450. The first kappa shape index (κ1) is 24.5. The molecule has 2 heterocycles. The molecule has 0 aliphatic rings. The monoisotopic (exact) mass is 491 g/mol. The number of nitrogens with zero attached hydrogens (tertiary/aromatic N) is 3. The molecule has 1 atom stereocenters. The van der Waals surface area contributed by atoms with Gasteiger partial charge in [0.15, 0.2) is 5.65 Å². The van der Waals surface area contributed by atoms with Crippen LogP contribution < -0.4 is 15.4 Å². The number of carboxylic acid groups (broad SMARTS) is 1. The second-order valence-corrected chi connectivity index (χ2v) is 8.09. The van der Waals surface area contributed by atoms with Crippen LogP contribution in [-0.2, 0) is 20.9 Å². The van der Waals surface area contributed by atoms with Crippen LogP contribution in [0.3, 0.4) is 0 Å². The van der Waals surface area contributed by atoms with Gasteiger partial charge in [-0.1, -0.05) is 30.3 Å². The number of ether oxygens (including phenoxy) is 2. The van der Waals surface area contributed by atoms with Gasteiger partial charge in [0.25, 0.3) is 0 Å². The summed E-state index contributed by atoms with van der Waals surface area (Å²) in [6, 6.07) is 13.4. The third-order valence-electron chi connectivity index (χ3n) is 5.54. The van der Waals surface area contributed by atoms with Crippen molar-refractivity contribution < 1.29 is 29.0 Å². The van der Waals surface area contributed by atoms with Gasteiger partial charge in [0.2, 0.25) is 5.91 Å². The summed E-state index contributed by atoms with van der Waals surface area (Å²) in [4.78, 5) is 41.0. The number of methoxy groups -OCH3 is 1. The summed E-state index contributed by atoms with van der Waals surface area (Å²) in [5, 5.41) is 20.0. The number of rotatable bonds is 8. The van der Waals surface area contributed by atoms with E-state index in [1.165, 1.54) is 14.0 Å². The average Bonchev–Trinajstić information content (AvgIpc) is 3.21. The molecule has 0 aliphatic heterocycles. The highest BCUT2D eigenvalue weighted by molar-refractivity contribution is 6.10. The first-order valence-corrected chi connectivity index (χ1v) is 11.1. The maximum atomic E-state index is 12.9. The first-order valence-electron chi connectivity index (χ1n) is 11.1. The molecule has 186 valence electrons. The normalized spacial score (nSPS) is 11.8. The maximum Gasteiger partial charge on any atom is 0.437 e. The largest absolute Gasteiger partial charge is 0.497 e. The summed E-state index contributed by atoms with van der Waals surface area (Å²) in [5.41, 5.74) is 2.60. The van der Waals surface area contributed by atoms with E-state index >= 15 is 0 Å².